The molecular formula is C11H21NO3. The van der Waals surface area contributed by atoms with Crippen molar-refractivity contribution in [1.29, 1.82) is 0 Å². The van der Waals surface area contributed by atoms with E-state index < -0.39 is 17.5 Å². The van der Waals surface area contributed by atoms with Gasteiger partial charge in [0.15, 0.2) is 0 Å². The van der Waals surface area contributed by atoms with E-state index in [1.807, 2.05) is 18.9 Å². The highest BCUT2D eigenvalue weighted by Gasteiger charge is 2.44. The summed E-state index contributed by atoms with van der Waals surface area (Å²) in [5.74, 6) is -1.47. The van der Waals surface area contributed by atoms with Crippen LogP contribution in [0.2, 0.25) is 0 Å². The summed E-state index contributed by atoms with van der Waals surface area (Å²) in [5.41, 5.74) is -1.02. The Morgan fingerprint density at radius 1 is 1.60 bits per heavy atom. The minimum Gasteiger partial charge on any atom is -0.481 e. The summed E-state index contributed by atoms with van der Waals surface area (Å²) in [4.78, 5) is 13.1. The maximum atomic E-state index is 11.1. The fourth-order valence-corrected chi connectivity index (χ4v) is 2.32. The van der Waals surface area contributed by atoms with Crippen molar-refractivity contribution in [2.24, 2.45) is 5.92 Å². The van der Waals surface area contributed by atoms with E-state index in [0.717, 1.165) is 19.4 Å². The molecule has 0 saturated carbocycles. The third kappa shape index (κ3) is 2.92. The largest absolute Gasteiger partial charge is 0.481 e. The van der Waals surface area contributed by atoms with Crippen molar-refractivity contribution < 1.29 is 15.0 Å². The zero-order valence-electron chi connectivity index (χ0n) is 9.57. The van der Waals surface area contributed by atoms with E-state index in [2.05, 4.69) is 0 Å². The van der Waals surface area contributed by atoms with Crippen molar-refractivity contribution in [3.8, 4) is 0 Å². The molecule has 4 heteroatoms. The van der Waals surface area contributed by atoms with E-state index in [9.17, 15) is 9.90 Å². The number of aliphatic hydroxyl groups is 1. The molecule has 0 aromatic rings. The van der Waals surface area contributed by atoms with Crippen molar-refractivity contribution in [2.75, 3.05) is 20.1 Å². The average Bonchev–Trinajstić information content (AvgIpc) is 2.47. The summed E-state index contributed by atoms with van der Waals surface area (Å²) < 4.78 is 0. The van der Waals surface area contributed by atoms with Crippen molar-refractivity contribution in [3.63, 3.8) is 0 Å². The molecule has 0 amide bonds. The van der Waals surface area contributed by atoms with Crippen molar-refractivity contribution in [3.05, 3.63) is 0 Å². The highest BCUT2D eigenvalue weighted by Crippen LogP contribution is 2.31. The van der Waals surface area contributed by atoms with E-state index >= 15 is 0 Å². The molecule has 1 fully saturated rings. The zero-order chi connectivity index (χ0) is 11.5. The molecule has 0 bridgehead atoms. The Hall–Kier alpha value is -0.610. The molecule has 0 radical (unpaired) electrons. The van der Waals surface area contributed by atoms with Gasteiger partial charge in [-0.25, -0.2) is 0 Å². The summed E-state index contributed by atoms with van der Waals surface area (Å²) in [7, 11) is 1.91. The molecule has 2 unspecified atom stereocenters. The van der Waals surface area contributed by atoms with Gasteiger partial charge in [0.05, 0.1) is 11.5 Å². The number of nitrogens with zero attached hydrogens (tertiary/aromatic N) is 1. The van der Waals surface area contributed by atoms with Crippen LogP contribution in [0, 0.1) is 5.92 Å². The molecule has 88 valence electrons. The number of unbranched alkanes of at least 4 members (excludes halogenated alkanes) is 1. The van der Waals surface area contributed by atoms with Crippen molar-refractivity contribution >= 4 is 5.97 Å². The zero-order valence-corrected chi connectivity index (χ0v) is 9.57. The molecule has 4 nitrogen and oxygen atoms in total. The highest BCUT2D eigenvalue weighted by molar-refractivity contribution is 5.71. The van der Waals surface area contributed by atoms with Crippen LogP contribution >= 0.6 is 0 Å². The predicted octanol–water partition coefficient (Wildman–Crippen LogP) is 0.944. The number of β-amino-alcohol motifs (C(OH)–C–C–N with tert-alkyl or cyclic N) is 1. The maximum absolute atomic E-state index is 11.1. The van der Waals surface area contributed by atoms with Crippen molar-refractivity contribution in [1.82, 2.24) is 4.90 Å². The second-order valence-electron chi connectivity index (χ2n) is 4.62. The SMILES string of the molecule is CCCCC(C(=O)O)C1(O)CCN(C)C1. The van der Waals surface area contributed by atoms with Crippen LogP contribution in [0.5, 0.6) is 0 Å². The van der Waals surface area contributed by atoms with E-state index in [1.165, 1.54) is 0 Å². The molecule has 2 N–H and O–H groups in total. The van der Waals surface area contributed by atoms with Crippen LogP contribution in [0.15, 0.2) is 0 Å². The summed E-state index contributed by atoms with van der Waals surface area (Å²) in [6.07, 6.45) is 2.99. The Balaban J connectivity index is 2.66. The fourth-order valence-electron chi connectivity index (χ4n) is 2.32. The molecule has 1 aliphatic rings. The van der Waals surface area contributed by atoms with E-state index in [-0.39, 0.29) is 0 Å². The van der Waals surface area contributed by atoms with Crippen LogP contribution in [0.4, 0.5) is 0 Å². The number of carbonyl (C=O) groups is 1. The number of aliphatic carboxylic acids is 1. The molecule has 0 aromatic carbocycles. The van der Waals surface area contributed by atoms with Gasteiger partial charge >= 0.3 is 5.97 Å². The molecule has 1 saturated heterocycles. The van der Waals surface area contributed by atoms with Gasteiger partial charge < -0.3 is 15.1 Å². The van der Waals surface area contributed by atoms with Gasteiger partial charge in [-0.3, -0.25) is 4.79 Å². The van der Waals surface area contributed by atoms with Gasteiger partial charge in [0.25, 0.3) is 0 Å². The first-order valence-corrected chi connectivity index (χ1v) is 5.63. The Labute approximate surface area is 90.9 Å². The molecule has 0 aliphatic carbocycles. The Kier molecular flexibility index (Phi) is 4.11. The van der Waals surface area contributed by atoms with Gasteiger partial charge in [0.1, 0.15) is 0 Å². The lowest BCUT2D eigenvalue weighted by molar-refractivity contribution is -0.151. The topological polar surface area (TPSA) is 60.8 Å². The van der Waals surface area contributed by atoms with Crippen molar-refractivity contribution in [2.45, 2.75) is 38.2 Å². The molecule has 0 spiro atoms. The first kappa shape index (κ1) is 12.5. The van der Waals surface area contributed by atoms with Gasteiger partial charge in [-0.2, -0.15) is 0 Å². The fraction of sp³-hybridized carbons (Fsp3) is 0.909. The van der Waals surface area contributed by atoms with E-state index in [1.54, 1.807) is 0 Å². The standard InChI is InChI=1S/C11H21NO3/c1-3-4-5-9(10(13)14)11(15)6-7-12(2)8-11/h9,15H,3-8H2,1-2H3,(H,13,14). The first-order chi connectivity index (χ1) is 6.99. The van der Waals surface area contributed by atoms with Crippen LogP contribution in [0.25, 0.3) is 0 Å². The summed E-state index contributed by atoms with van der Waals surface area (Å²) >= 11 is 0. The lowest BCUT2D eigenvalue weighted by Gasteiger charge is -2.29. The van der Waals surface area contributed by atoms with E-state index in [4.69, 9.17) is 5.11 Å². The molecule has 1 aliphatic heterocycles. The summed E-state index contributed by atoms with van der Waals surface area (Å²) in [6.45, 7) is 3.30. The Morgan fingerprint density at radius 2 is 2.27 bits per heavy atom. The van der Waals surface area contributed by atoms with Crippen LogP contribution < -0.4 is 0 Å². The van der Waals surface area contributed by atoms with Crippen LogP contribution in [0.1, 0.15) is 32.6 Å². The third-order valence-corrected chi connectivity index (χ3v) is 3.26. The van der Waals surface area contributed by atoms with Crippen LogP contribution in [-0.2, 0) is 4.79 Å². The lowest BCUT2D eigenvalue weighted by atomic mass is 9.83. The number of carboxylic acids is 1. The number of rotatable bonds is 5. The van der Waals surface area contributed by atoms with Gasteiger partial charge in [-0.15, -0.1) is 0 Å². The third-order valence-electron chi connectivity index (χ3n) is 3.26. The Bertz CT molecular complexity index is 232. The number of likely N-dealkylation sites (N-methyl/N-ethyl adjacent to an activating group) is 1. The smallest absolute Gasteiger partial charge is 0.309 e. The molecule has 1 rings (SSSR count). The minimum atomic E-state index is -1.02. The number of hydrogen-bond donors (Lipinski definition) is 2. The first-order valence-electron chi connectivity index (χ1n) is 5.63. The van der Waals surface area contributed by atoms with Crippen LogP contribution in [-0.4, -0.2) is 46.8 Å². The highest BCUT2D eigenvalue weighted by atomic mass is 16.4. The molecule has 2 atom stereocenters. The summed E-state index contributed by atoms with van der Waals surface area (Å²) in [6, 6.07) is 0. The number of likely N-dealkylation sites (tertiary alicyclic amines) is 1. The van der Waals surface area contributed by atoms with Gasteiger partial charge in [0.2, 0.25) is 0 Å². The van der Waals surface area contributed by atoms with Gasteiger partial charge in [0, 0.05) is 13.1 Å². The molecule has 15 heavy (non-hydrogen) atoms. The lowest BCUT2D eigenvalue weighted by Crippen LogP contribution is -2.44. The maximum Gasteiger partial charge on any atom is 0.309 e. The normalized spacial score (nSPS) is 29.3. The average molecular weight is 215 g/mol. The molecular weight excluding hydrogens is 194 g/mol. The molecule has 1 heterocycles. The number of hydrogen-bond acceptors (Lipinski definition) is 3. The second-order valence-corrected chi connectivity index (χ2v) is 4.62. The summed E-state index contributed by atoms with van der Waals surface area (Å²) in [5, 5.41) is 19.4. The van der Waals surface area contributed by atoms with Gasteiger partial charge in [-0.1, -0.05) is 19.8 Å². The second kappa shape index (κ2) is 4.94. The quantitative estimate of drug-likeness (QED) is 0.716. The monoisotopic (exact) mass is 215 g/mol. The van der Waals surface area contributed by atoms with E-state index in [0.29, 0.717) is 19.4 Å². The molecule has 0 aromatic heterocycles. The number of carboxylic acid groups (broad SMARTS) is 1. The predicted molar refractivity (Wildman–Crippen MR) is 57.7 cm³/mol. The van der Waals surface area contributed by atoms with Gasteiger partial charge in [-0.05, 0) is 19.9 Å². The van der Waals surface area contributed by atoms with Crippen LogP contribution in [0.3, 0.4) is 0 Å². The Morgan fingerprint density at radius 3 is 2.67 bits per heavy atom. The minimum absolute atomic E-state index is 0.480.